The standard InChI is InChI=1S/C16H16BrClN2O3S/c1-24(22,23)20(10-12-5-7-14(18)8-6-12)11-16(21)19-15-4-2-3-13(17)9-15/h2-9H,10-11H2,1H3,(H,19,21). The van der Waals surface area contributed by atoms with Gasteiger partial charge in [-0.3, -0.25) is 4.79 Å². The second-order valence-electron chi connectivity index (χ2n) is 5.22. The topological polar surface area (TPSA) is 66.5 Å². The highest BCUT2D eigenvalue weighted by Crippen LogP contribution is 2.16. The number of nitrogens with zero attached hydrogens (tertiary/aromatic N) is 1. The summed E-state index contributed by atoms with van der Waals surface area (Å²) in [6, 6.07) is 13.9. The van der Waals surface area contributed by atoms with Gasteiger partial charge in [0.25, 0.3) is 0 Å². The highest BCUT2D eigenvalue weighted by Gasteiger charge is 2.20. The van der Waals surface area contributed by atoms with Gasteiger partial charge in [-0.2, -0.15) is 4.31 Å². The molecule has 0 saturated carbocycles. The van der Waals surface area contributed by atoms with Crippen LogP contribution in [0.5, 0.6) is 0 Å². The molecular formula is C16H16BrClN2O3S. The monoisotopic (exact) mass is 430 g/mol. The van der Waals surface area contributed by atoms with Crippen LogP contribution in [0.1, 0.15) is 5.56 Å². The van der Waals surface area contributed by atoms with Gasteiger partial charge >= 0.3 is 0 Å². The zero-order chi connectivity index (χ0) is 17.7. The molecule has 8 heteroatoms. The highest BCUT2D eigenvalue weighted by molar-refractivity contribution is 9.10. The molecule has 0 aliphatic carbocycles. The lowest BCUT2D eigenvalue weighted by Crippen LogP contribution is -2.36. The molecule has 1 amide bonds. The van der Waals surface area contributed by atoms with E-state index >= 15 is 0 Å². The Labute approximate surface area is 154 Å². The van der Waals surface area contributed by atoms with Gasteiger partial charge in [0.1, 0.15) is 0 Å². The van der Waals surface area contributed by atoms with E-state index in [0.29, 0.717) is 10.7 Å². The maximum Gasteiger partial charge on any atom is 0.239 e. The van der Waals surface area contributed by atoms with Gasteiger partial charge in [0.2, 0.25) is 15.9 Å². The van der Waals surface area contributed by atoms with Crippen molar-refractivity contribution >= 4 is 49.1 Å². The Morgan fingerprint density at radius 1 is 1.21 bits per heavy atom. The summed E-state index contributed by atoms with van der Waals surface area (Å²) in [4.78, 5) is 12.2. The maximum absolute atomic E-state index is 12.2. The molecule has 0 aromatic heterocycles. The summed E-state index contributed by atoms with van der Waals surface area (Å²) in [5.41, 5.74) is 1.34. The fraction of sp³-hybridized carbons (Fsp3) is 0.188. The van der Waals surface area contributed by atoms with Crippen LogP contribution in [0.3, 0.4) is 0 Å². The van der Waals surface area contributed by atoms with Crippen molar-refractivity contribution in [2.24, 2.45) is 0 Å². The average molecular weight is 432 g/mol. The number of hydrogen-bond acceptors (Lipinski definition) is 3. The quantitative estimate of drug-likeness (QED) is 0.761. The number of carbonyl (C=O) groups is 1. The fourth-order valence-corrected chi connectivity index (χ4v) is 3.27. The van der Waals surface area contributed by atoms with Crippen molar-refractivity contribution < 1.29 is 13.2 Å². The van der Waals surface area contributed by atoms with Gasteiger partial charge in [0.15, 0.2) is 0 Å². The summed E-state index contributed by atoms with van der Waals surface area (Å²) in [6.07, 6.45) is 1.08. The molecule has 0 unspecified atom stereocenters. The minimum absolute atomic E-state index is 0.0991. The van der Waals surface area contributed by atoms with Crippen LogP contribution < -0.4 is 5.32 Å². The van der Waals surface area contributed by atoms with Crippen LogP contribution in [0.4, 0.5) is 5.69 Å². The molecule has 0 fully saturated rings. The number of anilines is 1. The smallest absolute Gasteiger partial charge is 0.239 e. The predicted octanol–water partition coefficient (Wildman–Crippen LogP) is 3.50. The van der Waals surface area contributed by atoms with Crippen LogP contribution in [-0.4, -0.2) is 31.4 Å². The molecule has 2 aromatic rings. The van der Waals surface area contributed by atoms with Gasteiger partial charge in [-0.15, -0.1) is 0 Å². The molecule has 24 heavy (non-hydrogen) atoms. The molecule has 5 nitrogen and oxygen atoms in total. The summed E-state index contributed by atoms with van der Waals surface area (Å²) in [5, 5.41) is 3.25. The van der Waals surface area contributed by atoms with Crippen LogP contribution in [0, 0.1) is 0 Å². The number of nitrogens with one attached hydrogen (secondary N) is 1. The van der Waals surface area contributed by atoms with Crippen molar-refractivity contribution in [3.05, 3.63) is 63.6 Å². The third-order valence-corrected chi connectivity index (χ3v) is 5.11. The summed E-state index contributed by atoms with van der Waals surface area (Å²) in [5.74, 6) is -0.410. The third kappa shape index (κ3) is 5.90. The van der Waals surface area contributed by atoms with Crippen LogP contribution >= 0.6 is 27.5 Å². The molecule has 0 spiro atoms. The molecular weight excluding hydrogens is 416 g/mol. The maximum atomic E-state index is 12.2. The molecule has 0 aliphatic heterocycles. The van der Waals surface area contributed by atoms with E-state index in [1.807, 2.05) is 6.07 Å². The van der Waals surface area contributed by atoms with Crippen molar-refractivity contribution in [2.45, 2.75) is 6.54 Å². The summed E-state index contributed by atoms with van der Waals surface area (Å²) >= 11 is 9.14. The number of rotatable bonds is 6. The molecule has 0 heterocycles. The zero-order valence-electron chi connectivity index (χ0n) is 12.9. The first kappa shape index (κ1) is 18.9. The molecule has 0 radical (unpaired) electrons. The Balaban J connectivity index is 2.08. The van der Waals surface area contributed by atoms with Gasteiger partial charge in [-0.05, 0) is 35.9 Å². The van der Waals surface area contributed by atoms with E-state index in [4.69, 9.17) is 11.6 Å². The predicted molar refractivity (Wildman–Crippen MR) is 99.5 cm³/mol. The first-order valence-corrected chi connectivity index (χ1v) is 10.0. The van der Waals surface area contributed by atoms with Crippen molar-refractivity contribution in [1.29, 1.82) is 0 Å². The van der Waals surface area contributed by atoms with Gasteiger partial charge in [0.05, 0.1) is 12.8 Å². The van der Waals surface area contributed by atoms with Gasteiger partial charge in [-0.1, -0.05) is 45.7 Å². The Morgan fingerprint density at radius 3 is 2.46 bits per heavy atom. The lowest BCUT2D eigenvalue weighted by Gasteiger charge is -2.19. The summed E-state index contributed by atoms with van der Waals surface area (Å²) in [6.45, 7) is -0.171. The number of amides is 1. The Bertz CT molecular complexity index is 825. The minimum Gasteiger partial charge on any atom is -0.325 e. The number of sulfonamides is 1. The first-order chi connectivity index (χ1) is 11.2. The van der Waals surface area contributed by atoms with Gasteiger partial charge in [-0.25, -0.2) is 8.42 Å². The number of carbonyl (C=O) groups excluding carboxylic acids is 1. The lowest BCUT2D eigenvalue weighted by atomic mass is 10.2. The molecule has 2 aromatic carbocycles. The van der Waals surface area contributed by atoms with Crippen molar-refractivity contribution in [2.75, 3.05) is 18.1 Å². The Morgan fingerprint density at radius 2 is 1.88 bits per heavy atom. The van der Waals surface area contributed by atoms with Crippen LogP contribution in [0.2, 0.25) is 5.02 Å². The second-order valence-corrected chi connectivity index (χ2v) is 8.55. The SMILES string of the molecule is CS(=O)(=O)N(CC(=O)Nc1cccc(Br)c1)Cc1ccc(Cl)cc1. The molecule has 0 aliphatic rings. The molecule has 2 rings (SSSR count). The average Bonchev–Trinajstić information content (AvgIpc) is 2.48. The Hall–Kier alpha value is -1.41. The van der Waals surface area contributed by atoms with E-state index in [-0.39, 0.29) is 13.1 Å². The normalized spacial score (nSPS) is 11.5. The Kier molecular flexibility index (Phi) is 6.40. The van der Waals surface area contributed by atoms with E-state index in [0.717, 1.165) is 20.6 Å². The van der Waals surface area contributed by atoms with E-state index in [9.17, 15) is 13.2 Å². The zero-order valence-corrected chi connectivity index (χ0v) is 16.0. The largest absolute Gasteiger partial charge is 0.325 e. The molecule has 0 saturated heterocycles. The lowest BCUT2D eigenvalue weighted by molar-refractivity contribution is -0.116. The van der Waals surface area contributed by atoms with Gasteiger partial charge < -0.3 is 5.32 Å². The number of hydrogen-bond donors (Lipinski definition) is 1. The second kappa shape index (κ2) is 8.11. The number of benzene rings is 2. The highest BCUT2D eigenvalue weighted by atomic mass is 79.9. The van der Waals surface area contributed by atoms with Crippen LogP contribution in [0.25, 0.3) is 0 Å². The van der Waals surface area contributed by atoms with Crippen molar-refractivity contribution in [3.63, 3.8) is 0 Å². The third-order valence-electron chi connectivity index (χ3n) is 3.17. The van der Waals surface area contributed by atoms with E-state index in [1.54, 1.807) is 42.5 Å². The molecule has 0 atom stereocenters. The molecule has 128 valence electrons. The summed E-state index contributed by atoms with van der Waals surface area (Å²) < 4.78 is 25.8. The van der Waals surface area contributed by atoms with Crippen LogP contribution in [-0.2, 0) is 21.4 Å². The van der Waals surface area contributed by atoms with Gasteiger partial charge in [0, 0.05) is 21.7 Å². The van der Waals surface area contributed by atoms with Crippen molar-refractivity contribution in [1.82, 2.24) is 4.31 Å². The van der Waals surface area contributed by atoms with E-state index < -0.39 is 15.9 Å². The summed E-state index contributed by atoms with van der Waals surface area (Å²) in [7, 11) is -3.54. The van der Waals surface area contributed by atoms with E-state index in [1.165, 1.54) is 0 Å². The van der Waals surface area contributed by atoms with Crippen molar-refractivity contribution in [3.8, 4) is 0 Å². The van der Waals surface area contributed by atoms with E-state index in [2.05, 4.69) is 21.2 Å². The minimum atomic E-state index is -3.54. The molecule has 0 bridgehead atoms. The fourth-order valence-electron chi connectivity index (χ4n) is 2.01. The molecule has 1 N–H and O–H groups in total. The number of halogens is 2. The first-order valence-electron chi connectivity index (χ1n) is 6.99. The van der Waals surface area contributed by atoms with Crippen LogP contribution in [0.15, 0.2) is 53.0 Å².